The fourth-order valence-electron chi connectivity index (χ4n) is 1.23. The smallest absolute Gasteiger partial charge is 0.308 e. The van der Waals surface area contributed by atoms with E-state index in [1.54, 1.807) is 18.2 Å². The van der Waals surface area contributed by atoms with Gasteiger partial charge >= 0.3 is 11.9 Å². The van der Waals surface area contributed by atoms with Gasteiger partial charge in [0.2, 0.25) is 0 Å². The Hall–Kier alpha value is -2.04. The standard InChI is InChI=1S/C12H14O5/c1-8(13)16-7-10-6-11(15-3)4-5-12(10)17-9(2)14/h4-6H,7H2,1-3H3. The highest BCUT2D eigenvalue weighted by Crippen LogP contribution is 2.25. The number of rotatable bonds is 4. The zero-order valence-electron chi connectivity index (χ0n) is 9.98. The average Bonchev–Trinajstić information content (AvgIpc) is 2.27. The molecule has 0 bridgehead atoms. The second kappa shape index (κ2) is 5.89. The zero-order valence-corrected chi connectivity index (χ0v) is 9.98. The van der Waals surface area contributed by atoms with Crippen LogP contribution >= 0.6 is 0 Å². The van der Waals surface area contributed by atoms with Gasteiger partial charge in [-0.3, -0.25) is 9.59 Å². The molecular weight excluding hydrogens is 224 g/mol. The SMILES string of the molecule is COc1ccc(OC(C)=O)c(COC(C)=O)c1. The molecule has 1 rings (SSSR count). The normalized spacial score (nSPS) is 9.59. The Morgan fingerprint density at radius 1 is 1.18 bits per heavy atom. The van der Waals surface area contributed by atoms with Crippen molar-refractivity contribution in [1.82, 2.24) is 0 Å². The predicted octanol–water partition coefficient (Wildman–Crippen LogP) is 1.68. The third-order valence-electron chi connectivity index (χ3n) is 1.95. The molecule has 0 aliphatic carbocycles. The van der Waals surface area contributed by atoms with Crippen LogP contribution in [0.15, 0.2) is 18.2 Å². The molecule has 0 amide bonds. The van der Waals surface area contributed by atoms with Gasteiger partial charge in [-0.2, -0.15) is 0 Å². The van der Waals surface area contributed by atoms with Gasteiger partial charge in [0.05, 0.1) is 7.11 Å². The van der Waals surface area contributed by atoms with E-state index < -0.39 is 11.9 Å². The Labute approximate surface area is 99.3 Å². The van der Waals surface area contributed by atoms with Gasteiger partial charge in [0.1, 0.15) is 18.1 Å². The topological polar surface area (TPSA) is 61.8 Å². The van der Waals surface area contributed by atoms with E-state index in [9.17, 15) is 9.59 Å². The van der Waals surface area contributed by atoms with Crippen LogP contribution in [-0.2, 0) is 20.9 Å². The maximum atomic E-state index is 10.9. The Kier molecular flexibility index (Phi) is 4.51. The van der Waals surface area contributed by atoms with Crippen molar-refractivity contribution in [3.8, 4) is 11.5 Å². The molecule has 1 aromatic rings. The van der Waals surface area contributed by atoms with Gasteiger partial charge in [0.15, 0.2) is 0 Å². The lowest BCUT2D eigenvalue weighted by Crippen LogP contribution is -2.06. The van der Waals surface area contributed by atoms with Crippen LogP contribution < -0.4 is 9.47 Å². The van der Waals surface area contributed by atoms with E-state index in [0.29, 0.717) is 17.1 Å². The monoisotopic (exact) mass is 238 g/mol. The Balaban J connectivity index is 2.93. The minimum atomic E-state index is -0.431. The molecular formula is C12H14O5. The first kappa shape index (κ1) is 13.0. The van der Waals surface area contributed by atoms with E-state index in [1.165, 1.54) is 21.0 Å². The van der Waals surface area contributed by atoms with Crippen LogP contribution in [0, 0.1) is 0 Å². The lowest BCUT2D eigenvalue weighted by atomic mass is 10.2. The maximum Gasteiger partial charge on any atom is 0.308 e. The molecule has 5 nitrogen and oxygen atoms in total. The van der Waals surface area contributed by atoms with Crippen molar-refractivity contribution in [1.29, 1.82) is 0 Å². The molecule has 0 N–H and O–H groups in total. The third kappa shape index (κ3) is 4.14. The highest BCUT2D eigenvalue weighted by molar-refractivity contribution is 5.70. The summed E-state index contributed by atoms with van der Waals surface area (Å²) in [6, 6.07) is 4.91. The second-order valence-corrected chi connectivity index (χ2v) is 3.35. The van der Waals surface area contributed by atoms with Crippen LogP contribution in [0.5, 0.6) is 11.5 Å². The molecule has 92 valence electrons. The Bertz CT molecular complexity index is 425. The van der Waals surface area contributed by atoms with Gasteiger partial charge in [0, 0.05) is 19.4 Å². The molecule has 0 aliphatic rings. The molecule has 0 saturated heterocycles. The fourth-order valence-corrected chi connectivity index (χ4v) is 1.23. The summed E-state index contributed by atoms with van der Waals surface area (Å²) < 4.78 is 14.9. The summed E-state index contributed by atoms with van der Waals surface area (Å²) in [5.41, 5.74) is 0.578. The molecule has 17 heavy (non-hydrogen) atoms. The fraction of sp³-hybridized carbons (Fsp3) is 0.333. The van der Waals surface area contributed by atoms with Crippen LogP contribution in [-0.4, -0.2) is 19.0 Å². The molecule has 0 saturated carbocycles. The van der Waals surface area contributed by atoms with E-state index in [0.717, 1.165) is 0 Å². The summed E-state index contributed by atoms with van der Waals surface area (Å²) in [6.07, 6.45) is 0. The van der Waals surface area contributed by atoms with Crippen molar-refractivity contribution in [3.63, 3.8) is 0 Å². The molecule has 0 aromatic heterocycles. The van der Waals surface area contributed by atoms with Crippen LogP contribution in [0.1, 0.15) is 19.4 Å². The summed E-state index contributed by atoms with van der Waals surface area (Å²) >= 11 is 0. The van der Waals surface area contributed by atoms with Crippen LogP contribution in [0.25, 0.3) is 0 Å². The second-order valence-electron chi connectivity index (χ2n) is 3.35. The Morgan fingerprint density at radius 2 is 1.88 bits per heavy atom. The van der Waals surface area contributed by atoms with Gasteiger partial charge in [0.25, 0.3) is 0 Å². The molecule has 0 spiro atoms. The first-order valence-electron chi connectivity index (χ1n) is 5.01. The number of hydrogen-bond acceptors (Lipinski definition) is 5. The number of ether oxygens (including phenoxy) is 3. The Morgan fingerprint density at radius 3 is 2.41 bits per heavy atom. The van der Waals surface area contributed by atoms with Gasteiger partial charge in [-0.1, -0.05) is 0 Å². The van der Waals surface area contributed by atoms with Crippen LogP contribution in [0.3, 0.4) is 0 Å². The molecule has 0 aliphatic heterocycles. The number of benzene rings is 1. The average molecular weight is 238 g/mol. The van der Waals surface area contributed by atoms with Gasteiger partial charge in [-0.25, -0.2) is 0 Å². The lowest BCUT2D eigenvalue weighted by molar-refractivity contribution is -0.142. The highest BCUT2D eigenvalue weighted by atomic mass is 16.5. The summed E-state index contributed by atoms with van der Waals surface area (Å²) in [4.78, 5) is 21.6. The summed E-state index contributed by atoms with van der Waals surface area (Å²) in [7, 11) is 1.52. The summed E-state index contributed by atoms with van der Waals surface area (Å²) in [6.45, 7) is 2.65. The van der Waals surface area contributed by atoms with E-state index in [4.69, 9.17) is 14.2 Å². The van der Waals surface area contributed by atoms with Gasteiger partial charge in [-0.05, 0) is 18.2 Å². The first-order chi connectivity index (χ1) is 8.02. The molecule has 0 atom stereocenters. The number of carbonyl (C=O) groups excluding carboxylic acids is 2. The van der Waals surface area contributed by atoms with Crippen molar-refractivity contribution < 1.29 is 23.8 Å². The van der Waals surface area contributed by atoms with Crippen molar-refractivity contribution in [2.24, 2.45) is 0 Å². The molecule has 0 fully saturated rings. The predicted molar refractivity (Wildman–Crippen MR) is 59.8 cm³/mol. The minimum absolute atomic E-state index is 0.0369. The summed E-state index contributed by atoms with van der Waals surface area (Å²) in [5, 5.41) is 0. The summed E-state index contributed by atoms with van der Waals surface area (Å²) in [5.74, 6) is 0.128. The minimum Gasteiger partial charge on any atom is -0.497 e. The van der Waals surface area contributed by atoms with Crippen molar-refractivity contribution in [2.45, 2.75) is 20.5 Å². The number of carbonyl (C=O) groups is 2. The first-order valence-corrected chi connectivity index (χ1v) is 5.01. The lowest BCUT2D eigenvalue weighted by Gasteiger charge is -2.10. The van der Waals surface area contributed by atoms with E-state index >= 15 is 0 Å². The quantitative estimate of drug-likeness (QED) is 0.590. The molecule has 5 heteroatoms. The maximum absolute atomic E-state index is 10.9. The van der Waals surface area contributed by atoms with Crippen LogP contribution in [0.2, 0.25) is 0 Å². The van der Waals surface area contributed by atoms with E-state index in [-0.39, 0.29) is 6.61 Å². The van der Waals surface area contributed by atoms with Crippen LogP contribution in [0.4, 0.5) is 0 Å². The zero-order chi connectivity index (χ0) is 12.8. The number of hydrogen-bond donors (Lipinski definition) is 0. The largest absolute Gasteiger partial charge is 0.497 e. The molecule has 1 aromatic carbocycles. The van der Waals surface area contributed by atoms with Crippen molar-refractivity contribution in [2.75, 3.05) is 7.11 Å². The van der Waals surface area contributed by atoms with Crippen molar-refractivity contribution in [3.05, 3.63) is 23.8 Å². The highest BCUT2D eigenvalue weighted by Gasteiger charge is 2.09. The van der Waals surface area contributed by atoms with E-state index in [2.05, 4.69) is 0 Å². The van der Waals surface area contributed by atoms with Crippen molar-refractivity contribution >= 4 is 11.9 Å². The van der Waals surface area contributed by atoms with E-state index in [1.807, 2.05) is 0 Å². The number of methoxy groups -OCH3 is 1. The molecule has 0 heterocycles. The van der Waals surface area contributed by atoms with Gasteiger partial charge < -0.3 is 14.2 Å². The molecule has 0 radical (unpaired) electrons. The molecule has 0 unspecified atom stereocenters. The number of esters is 2. The van der Waals surface area contributed by atoms with Gasteiger partial charge in [-0.15, -0.1) is 0 Å². The third-order valence-corrected chi connectivity index (χ3v) is 1.95.